The quantitative estimate of drug-likeness (QED) is 0.528. The number of hydrogen-bond acceptors (Lipinski definition) is 3. The van der Waals surface area contributed by atoms with Gasteiger partial charge in [0.2, 0.25) is 0 Å². The van der Waals surface area contributed by atoms with Crippen LogP contribution in [0.4, 0.5) is 10.2 Å². The largest absolute Gasteiger partial charge is 0.497 e. The lowest BCUT2D eigenvalue weighted by molar-refractivity contribution is 0.102. The summed E-state index contributed by atoms with van der Waals surface area (Å²) in [6.45, 7) is 0. The molecule has 0 atom stereocenters. The van der Waals surface area contributed by atoms with Crippen molar-refractivity contribution in [2.24, 2.45) is 0 Å². The van der Waals surface area contributed by atoms with Gasteiger partial charge in [-0.2, -0.15) is 5.10 Å². The number of halogens is 1. The maximum atomic E-state index is 14.4. The van der Waals surface area contributed by atoms with E-state index in [4.69, 9.17) is 4.74 Å². The monoisotopic (exact) mass is 387 g/mol. The Labute approximate surface area is 167 Å². The predicted molar refractivity (Wildman–Crippen MR) is 110 cm³/mol. The molecule has 1 aromatic heterocycles. The molecule has 0 aliphatic carbocycles. The zero-order valence-electron chi connectivity index (χ0n) is 15.7. The van der Waals surface area contributed by atoms with Crippen LogP contribution in [0.15, 0.2) is 84.9 Å². The first kappa shape index (κ1) is 18.4. The number of ether oxygens (including phenoxy) is 1. The summed E-state index contributed by atoms with van der Waals surface area (Å²) in [5.41, 5.74) is 2.19. The Morgan fingerprint density at radius 2 is 1.66 bits per heavy atom. The zero-order valence-corrected chi connectivity index (χ0v) is 15.7. The van der Waals surface area contributed by atoms with Crippen LogP contribution in [0.25, 0.3) is 16.9 Å². The molecule has 5 nitrogen and oxygen atoms in total. The van der Waals surface area contributed by atoms with Gasteiger partial charge in [0.1, 0.15) is 23.1 Å². The summed E-state index contributed by atoms with van der Waals surface area (Å²) in [7, 11) is 1.56. The number of anilines is 1. The fraction of sp³-hybridized carbons (Fsp3) is 0.0435. The van der Waals surface area contributed by atoms with E-state index in [0.29, 0.717) is 22.8 Å². The standard InChI is InChI=1S/C23H18FN3O2/c1-29-18-13-11-17(12-14-18)23(28)25-22-15-20(16-7-3-2-4-8-16)26-27(22)21-10-6-5-9-19(21)24/h2-15H,1H3,(H,25,28). The van der Waals surface area contributed by atoms with E-state index >= 15 is 0 Å². The molecule has 0 aliphatic rings. The minimum Gasteiger partial charge on any atom is -0.497 e. The number of hydrogen-bond donors (Lipinski definition) is 1. The van der Waals surface area contributed by atoms with Gasteiger partial charge in [-0.05, 0) is 36.4 Å². The number of nitrogens with one attached hydrogen (secondary N) is 1. The highest BCUT2D eigenvalue weighted by Gasteiger charge is 2.16. The molecule has 0 radical (unpaired) electrons. The van der Waals surface area contributed by atoms with Crippen LogP contribution in [0.5, 0.6) is 5.75 Å². The van der Waals surface area contributed by atoms with Gasteiger partial charge >= 0.3 is 0 Å². The number of aromatic nitrogens is 2. The molecular formula is C23H18FN3O2. The summed E-state index contributed by atoms with van der Waals surface area (Å²) < 4.78 is 20.9. The van der Waals surface area contributed by atoms with Crippen LogP contribution >= 0.6 is 0 Å². The van der Waals surface area contributed by atoms with Gasteiger partial charge in [-0.1, -0.05) is 42.5 Å². The first-order valence-electron chi connectivity index (χ1n) is 9.01. The minimum atomic E-state index is -0.435. The third-order valence-corrected chi connectivity index (χ3v) is 4.45. The molecule has 0 aliphatic heterocycles. The average Bonchev–Trinajstić information content (AvgIpc) is 3.18. The summed E-state index contributed by atoms with van der Waals surface area (Å²) >= 11 is 0. The van der Waals surface area contributed by atoms with Crippen LogP contribution in [0.2, 0.25) is 0 Å². The number of nitrogens with zero attached hydrogens (tertiary/aromatic N) is 2. The van der Waals surface area contributed by atoms with E-state index in [0.717, 1.165) is 5.56 Å². The SMILES string of the molecule is COc1ccc(C(=O)Nc2cc(-c3ccccc3)nn2-c2ccccc2F)cc1. The van der Waals surface area contributed by atoms with E-state index in [2.05, 4.69) is 10.4 Å². The van der Waals surface area contributed by atoms with Gasteiger partial charge in [0, 0.05) is 17.2 Å². The molecule has 29 heavy (non-hydrogen) atoms. The highest BCUT2D eigenvalue weighted by Crippen LogP contribution is 2.26. The van der Waals surface area contributed by atoms with E-state index in [1.165, 1.54) is 10.7 Å². The molecule has 1 amide bonds. The van der Waals surface area contributed by atoms with Crippen molar-refractivity contribution in [2.75, 3.05) is 12.4 Å². The molecule has 3 aromatic carbocycles. The third-order valence-electron chi connectivity index (χ3n) is 4.45. The Bertz CT molecular complexity index is 1140. The molecule has 0 fully saturated rings. The normalized spacial score (nSPS) is 10.6. The second kappa shape index (κ2) is 7.98. The third kappa shape index (κ3) is 3.87. The number of carbonyl (C=O) groups excluding carboxylic acids is 1. The molecule has 1 heterocycles. The average molecular weight is 387 g/mol. The minimum absolute atomic E-state index is 0.250. The van der Waals surface area contributed by atoms with Gasteiger partial charge in [0.15, 0.2) is 0 Å². The predicted octanol–water partition coefficient (Wildman–Crippen LogP) is 4.94. The van der Waals surface area contributed by atoms with Crippen LogP contribution in [0, 0.1) is 5.82 Å². The number of carbonyl (C=O) groups is 1. The molecule has 1 N–H and O–H groups in total. The Morgan fingerprint density at radius 3 is 2.34 bits per heavy atom. The summed E-state index contributed by atoms with van der Waals surface area (Å²) in [6.07, 6.45) is 0. The Balaban J connectivity index is 1.73. The van der Waals surface area contributed by atoms with Gasteiger partial charge in [0.05, 0.1) is 12.8 Å². The summed E-state index contributed by atoms with van der Waals surface area (Å²) in [6, 6.07) is 24.3. The molecule has 4 aromatic rings. The van der Waals surface area contributed by atoms with Crippen molar-refractivity contribution < 1.29 is 13.9 Å². The second-order valence-electron chi connectivity index (χ2n) is 6.33. The Hall–Kier alpha value is -3.93. The van der Waals surface area contributed by atoms with Crippen LogP contribution < -0.4 is 10.1 Å². The summed E-state index contributed by atoms with van der Waals surface area (Å²) in [5.74, 6) is 0.263. The highest BCUT2D eigenvalue weighted by atomic mass is 19.1. The van der Waals surface area contributed by atoms with Crippen molar-refractivity contribution in [3.8, 4) is 22.7 Å². The van der Waals surface area contributed by atoms with Crippen LogP contribution in [0.1, 0.15) is 10.4 Å². The van der Waals surface area contributed by atoms with Crippen LogP contribution in [-0.2, 0) is 0 Å². The number of rotatable bonds is 5. The van der Waals surface area contributed by atoms with Gasteiger partial charge in [-0.25, -0.2) is 9.07 Å². The van der Waals surface area contributed by atoms with Crippen molar-refractivity contribution in [3.05, 3.63) is 96.3 Å². The maximum Gasteiger partial charge on any atom is 0.256 e. The summed E-state index contributed by atoms with van der Waals surface area (Å²) in [4.78, 5) is 12.7. The van der Waals surface area contributed by atoms with Crippen LogP contribution in [-0.4, -0.2) is 22.8 Å². The number of benzene rings is 3. The second-order valence-corrected chi connectivity index (χ2v) is 6.33. The van der Waals surface area contributed by atoms with E-state index < -0.39 is 5.82 Å². The van der Waals surface area contributed by atoms with Crippen molar-refractivity contribution in [3.63, 3.8) is 0 Å². The maximum absolute atomic E-state index is 14.4. The molecule has 4 rings (SSSR count). The lowest BCUT2D eigenvalue weighted by Gasteiger charge is -2.10. The van der Waals surface area contributed by atoms with E-state index in [1.807, 2.05) is 30.3 Å². The van der Waals surface area contributed by atoms with E-state index in [1.54, 1.807) is 55.6 Å². The topological polar surface area (TPSA) is 56.1 Å². The van der Waals surface area contributed by atoms with Crippen molar-refractivity contribution in [1.82, 2.24) is 9.78 Å². The number of para-hydroxylation sites is 1. The molecule has 0 bridgehead atoms. The molecule has 0 spiro atoms. The lowest BCUT2D eigenvalue weighted by atomic mass is 10.1. The molecule has 6 heteroatoms. The van der Waals surface area contributed by atoms with Gasteiger partial charge in [0.25, 0.3) is 5.91 Å². The fourth-order valence-electron chi connectivity index (χ4n) is 2.96. The highest BCUT2D eigenvalue weighted by molar-refractivity contribution is 6.04. The van der Waals surface area contributed by atoms with Crippen LogP contribution in [0.3, 0.4) is 0 Å². The molecule has 144 valence electrons. The molecule has 0 unspecified atom stereocenters. The zero-order chi connectivity index (χ0) is 20.2. The van der Waals surface area contributed by atoms with Crippen molar-refractivity contribution in [1.29, 1.82) is 0 Å². The number of amides is 1. The lowest BCUT2D eigenvalue weighted by Crippen LogP contribution is -2.15. The molecule has 0 saturated heterocycles. The Kier molecular flexibility index (Phi) is 5.07. The van der Waals surface area contributed by atoms with Gasteiger partial charge in [-0.15, -0.1) is 0 Å². The number of methoxy groups -OCH3 is 1. The molecule has 0 saturated carbocycles. The Morgan fingerprint density at radius 1 is 0.966 bits per heavy atom. The fourth-order valence-corrected chi connectivity index (χ4v) is 2.96. The van der Waals surface area contributed by atoms with Gasteiger partial charge < -0.3 is 10.1 Å². The summed E-state index contributed by atoms with van der Waals surface area (Å²) in [5, 5.41) is 7.36. The van der Waals surface area contributed by atoms with E-state index in [-0.39, 0.29) is 11.6 Å². The van der Waals surface area contributed by atoms with Crippen molar-refractivity contribution in [2.45, 2.75) is 0 Å². The van der Waals surface area contributed by atoms with E-state index in [9.17, 15) is 9.18 Å². The molecular weight excluding hydrogens is 369 g/mol. The first-order chi connectivity index (χ1) is 14.2. The van der Waals surface area contributed by atoms with Gasteiger partial charge in [-0.3, -0.25) is 4.79 Å². The smallest absolute Gasteiger partial charge is 0.256 e. The first-order valence-corrected chi connectivity index (χ1v) is 9.01. The van der Waals surface area contributed by atoms with Crippen molar-refractivity contribution >= 4 is 11.7 Å².